The summed E-state index contributed by atoms with van der Waals surface area (Å²) in [7, 11) is -3.58. The zero-order valence-electron chi connectivity index (χ0n) is 16.2. The van der Waals surface area contributed by atoms with Crippen molar-refractivity contribution in [3.05, 3.63) is 65.5 Å². The summed E-state index contributed by atoms with van der Waals surface area (Å²) in [5, 5.41) is 0. The van der Waals surface area contributed by atoms with E-state index in [4.69, 9.17) is 0 Å². The van der Waals surface area contributed by atoms with Crippen LogP contribution in [0.1, 0.15) is 28.8 Å². The average molecular weight is 418 g/mol. The Labute approximate surface area is 170 Å². The number of aryl methyl sites for hydroxylation is 1. The molecule has 1 amide bonds. The Morgan fingerprint density at radius 2 is 1.48 bits per heavy atom. The number of ketones is 1. The van der Waals surface area contributed by atoms with Gasteiger partial charge in [0.25, 0.3) is 0 Å². The van der Waals surface area contributed by atoms with Crippen LogP contribution in [0.25, 0.3) is 0 Å². The van der Waals surface area contributed by atoms with Gasteiger partial charge in [0, 0.05) is 44.6 Å². The average Bonchev–Trinajstić information content (AvgIpc) is 2.72. The van der Waals surface area contributed by atoms with Gasteiger partial charge in [-0.15, -0.1) is 0 Å². The first-order valence-corrected chi connectivity index (χ1v) is 10.8. The molecule has 1 aliphatic heterocycles. The van der Waals surface area contributed by atoms with E-state index in [1.807, 2.05) is 6.92 Å². The summed E-state index contributed by atoms with van der Waals surface area (Å²) in [5.74, 6) is -0.831. The van der Waals surface area contributed by atoms with Gasteiger partial charge in [-0.2, -0.15) is 4.31 Å². The van der Waals surface area contributed by atoms with Crippen LogP contribution in [0.5, 0.6) is 0 Å². The minimum absolute atomic E-state index is 0.0341. The number of amides is 1. The molecule has 0 bridgehead atoms. The third-order valence-corrected chi connectivity index (χ3v) is 6.90. The van der Waals surface area contributed by atoms with Crippen LogP contribution >= 0.6 is 0 Å². The SMILES string of the molecule is Cc1ccc(S(=O)(=O)N2CCN(C(=O)CCC(=O)c3ccc(F)cc3)CC2)cc1. The number of piperazine rings is 1. The third-order valence-electron chi connectivity index (χ3n) is 4.98. The van der Waals surface area contributed by atoms with Gasteiger partial charge in [0.1, 0.15) is 5.82 Å². The van der Waals surface area contributed by atoms with Crippen molar-refractivity contribution in [3.63, 3.8) is 0 Å². The van der Waals surface area contributed by atoms with Gasteiger partial charge < -0.3 is 4.90 Å². The number of hydrogen-bond acceptors (Lipinski definition) is 4. The first-order valence-electron chi connectivity index (χ1n) is 9.41. The predicted molar refractivity (Wildman–Crippen MR) is 106 cm³/mol. The molecule has 0 atom stereocenters. The van der Waals surface area contributed by atoms with Crippen molar-refractivity contribution >= 4 is 21.7 Å². The Hall–Kier alpha value is -2.58. The maximum atomic E-state index is 12.9. The molecule has 1 fully saturated rings. The van der Waals surface area contributed by atoms with Crippen molar-refractivity contribution in [3.8, 4) is 0 Å². The Morgan fingerprint density at radius 3 is 2.07 bits per heavy atom. The van der Waals surface area contributed by atoms with Gasteiger partial charge in [0.15, 0.2) is 5.78 Å². The summed E-state index contributed by atoms with van der Waals surface area (Å²) in [6.07, 6.45) is 0.0767. The zero-order chi connectivity index (χ0) is 21.0. The van der Waals surface area contributed by atoms with Crippen molar-refractivity contribution in [2.75, 3.05) is 26.2 Å². The lowest BCUT2D eigenvalue weighted by Crippen LogP contribution is -2.50. The van der Waals surface area contributed by atoms with E-state index in [0.29, 0.717) is 5.56 Å². The molecule has 8 heteroatoms. The fourth-order valence-electron chi connectivity index (χ4n) is 3.20. The highest BCUT2D eigenvalue weighted by atomic mass is 32.2. The monoisotopic (exact) mass is 418 g/mol. The number of hydrogen-bond donors (Lipinski definition) is 0. The van der Waals surface area contributed by atoms with Crippen LogP contribution < -0.4 is 0 Å². The maximum absolute atomic E-state index is 12.9. The minimum atomic E-state index is -3.58. The van der Waals surface area contributed by atoms with Crippen LogP contribution in [0.4, 0.5) is 4.39 Å². The van der Waals surface area contributed by atoms with E-state index in [0.717, 1.165) is 5.56 Å². The Balaban J connectivity index is 1.52. The summed E-state index contributed by atoms with van der Waals surface area (Å²) in [6.45, 7) is 2.90. The molecule has 2 aromatic carbocycles. The lowest BCUT2D eigenvalue weighted by Gasteiger charge is -2.34. The molecule has 1 saturated heterocycles. The van der Waals surface area contributed by atoms with E-state index in [-0.39, 0.29) is 55.6 Å². The highest BCUT2D eigenvalue weighted by Crippen LogP contribution is 2.19. The molecule has 0 aromatic heterocycles. The number of sulfonamides is 1. The molecule has 3 rings (SSSR count). The van der Waals surface area contributed by atoms with Crippen molar-refractivity contribution in [2.24, 2.45) is 0 Å². The molecule has 0 radical (unpaired) electrons. The largest absolute Gasteiger partial charge is 0.340 e. The van der Waals surface area contributed by atoms with E-state index in [9.17, 15) is 22.4 Å². The van der Waals surface area contributed by atoms with E-state index in [2.05, 4.69) is 0 Å². The summed E-state index contributed by atoms with van der Waals surface area (Å²) in [6, 6.07) is 11.9. The smallest absolute Gasteiger partial charge is 0.243 e. The number of carbonyl (C=O) groups excluding carboxylic acids is 2. The van der Waals surface area contributed by atoms with E-state index >= 15 is 0 Å². The highest BCUT2D eigenvalue weighted by Gasteiger charge is 2.30. The predicted octanol–water partition coefficient (Wildman–Crippen LogP) is 2.63. The maximum Gasteiger partial charge on any atom is 0.243 e. The third kappa shape index (κ3) is 5.07. The van der Waals surface area contributed by atoms with E-state index in [1.54, 1.807) is 29.2 Å². The highest BCUT2D eigenvalue weighted by molar-refractivity contribution is 7.89. The quantitative estimate of drug-likeness (QED) is 0.676. The number of rotatable bonds is 6. The molecule has 0 saturated carbocycles. The number of nitrogens with zero attached hydrogens (tertiary/aromatic N) is 2. The molecular formula is C21H23FN2O4S. The molecule has 1 heterocycles. The first kappa shape index (κ1) is 21.1. The summed E-state index contributed by atoms with van der Waals surface area (Å²) in [5.41, 5.74) is 1.35. The van der Waals surface area contributed by atoms with Gasteiger partial charge in [0.2, 0.25) is 15.9 Å². The van der Waals surface area contributed by atoms with Crippen LogP contribution in [0.15, 0.2) is 53.4 Å². The van der Waals surface area contributed by atoms with Crippen LogP contribution in [0.2, 0.25) is 0 Å². The fourth-order valence-corrected chi connectivity index (χ4v) is 4.62. The standard InChI is InChI=1S/C21H23FN2O4S/c1-16-2-8-19(9-3-16)29(27,28)24-14-12-23(13-15-24)21(26)11-10-20(25)17-4-6-18(22)7-5-17/h2-9H,10-15H2,1H3. The number of benzene rings is 2. The molecule has 0 N–H and O–H groups in total. The summed E-state index contributed by atoms with van der Waals surface area (Å²) in [4.78, 5) is 26.4. The summed E-state index contributed by atoms with van der Waals surface area (Å²) >= 11 is 0. The second-order valence-corrected chi connectivity index (χ2v) is 8.97. The second kappa shape index (κ2) is 8.84. The van der Waals surface area contributed by atoms with Crippen LogP contribution in [0, 0.1) is 12.7 Å². The van der Waals surface area contributed by atoms with Crippen molar-refractivity contribution < 1.29 is 22.4 Å². The Kier molecular flexibility index (Phi) is 6.44. The number of Topliss-reactive ketones (excluding diaryl/α,β-unsaturated/α-hetero) is 1. The van der Waals surface area contributed by atoms with Gasteiger partial charge in [-0.05, 0) is 43.3 Å². The van der Waals surface area contributed by atoms with Gasteiger partial charge in [-0.25, -0.2) is 12.8 Å². The second-order valence-electron chi connectivity index (χ2n) is 7.03. The van der Waals surface area contributed by atoms with Crippen molar-refractivity contribution in [2.45, 2.75) is 24.7 Å². The van der Waals surface area contributed by atoms with Crippen LogP contribution in [0.3, 0.4) is 0 Å². The molecule has 6 nitrogen and oxygen atoms in total. The molecule has 2 aromatic rings. The van der Waals surface area contributed by atoms with Crippen LogP contribution in [-0.4, -0.2) is 55.5 Å². The molecule has 154 valence electrons. The Morgan fingerprint density at radius 1 is 0.897 bits per heavy atom. The van der Waals surface area contributed by atoms with Gasteiger partial charge >= 0.3 is 0 Å². The molecular weight excluding hydrogens is 395 g/mol. The lowest BCUT2D eigenvalue weighted by molar-refractivity contribution is -0.132. The normalized spacial score (nSPS) is 15.3. The topological polar surface area (TPSA) is 74.8 Å². The Bertz CT molecular complexity index is 980. The van der Waals surface area contributed by atoms with E-state index in [1.165, 1.54) is 28.6 Å². The minimum Gasteiger partial charge on any atom is -0.340 e. The summed E-state index contributed by atoms with van der Waals surface area (Å²) < 4.78 is 39.8. The first-order chi connectivity index (χ1) is 13.8. The van der Waals surface area contributed by atoms with Gasteiger partial charge in [-0.1, -0.05) is 17.7 Å². The number of carbonyl (C=O) groups is 2. The molecule has 0 spiro atoms. The number of halogens is 1. The van der Waals surface area contributed by atoms with E-state index < -0.39 is 15.8 Å². The van der Waals surface area contributed by atoms with Crippen molar-refractivity contribution in [1.82, 2.24) is 9.21 Å². The van der Waals surface area contributed by atoms with Crippen LogP contribution in [-0.2, 0) is 14.8 Å². The molecule has 1 aliphatic rings. The van der Waals surface area contributed by atoms with Gasteiger partial charge in [-0.3, -0.25) is 9.59 Å². The van der Waals surface area contributed by atoms with Crippen molar-refractivity contribution in [1.29, 1.82) is 0 Å². The molecule has 0 aliphatic carbocycles. The zero-order valence-corrected chi connectivity index (χ0v) is 17.0. The molecule has 0 unspecified atom stereocenters. The fraction of sp³-hybridized carbons (Fsp3) is 0.333. The molecule has 29 heavy (non-hydrogen) atoms. The lowest BCUT2D eigenvalue weighted by atomic mass is 10.1. The van der Waals surface area contributed by atoms with Gasteiger partial charge in [0.05, 0.1) is 4.90 Å².